The lowest BCUT2D eigenvalue weighted by molar-refractivity contribution is -0.114. The lowest BCUT2D eigenvalue weighted by Gasteiger charge is -2.28. The van der Waals surface area contributed by atoms with Crippen LogP contribution >= 0.6 is 23.1 Å². The molecule has 0 bridgehead atoms. The van der Waals surface area contributed by atoms with E-state index in [4.69, 9.17) is 0 Å². The summed E-state index contributed by atoms with van der Waals surface area (Å²) < 4.78 is 1.42. The van der Waals surface area contributed by atoms with E-state index in [0.717, 1.165) is 17.8 Å². The third-order valence-electron chi connectivity index (χ3n) is 3.43. The molecule has 0 saturated heterocycles. The van der Waals surface area contributed by atoms with E-state index in [2.05, 4.69) is 29.0 Å². The predicted molar refractivity (Wildman–Crippen MR) is 91.4 cm³/mol. The molecule has 0 spiro atoms. The summed E-state index contributed by atoms with van der Waals surface area (Å²) >= 11 is 3.79. The van der Waals surface area contributed by atoms with E-state index in [-0.39, 0.29) is 5.91 Å². The van der Waals surface area contributed by atoms with Gasteiger partial charge in [0.25, 0.3) is 0 Å². The number of amides is 1. The zero-order valence-electron chi connectivity index (χ0n) is 12.1. The Balaban J connectivity index is 1.80. The van der Waals surface area contributed by atoms with Crippen molar-refractivity contribution in [3.8, 4) is 0 Å². The molecule has 1 aliphatic heterocycles. The molecule has 2 aromatic rings. The number of benzene rings is 1. The number of thiophene rings is 1. The first-order chi connectivity index (χ1) is 10.1. The SMILES string of the molecule is CC(=O)Nc1cccc(NC2C[C@H](C)Sc3sccc32)c1. The average molecular weight is 318 g/mol. The van der Waals surface area contributed by atoms with Gasteiger partial charge in [0, 0.05) is 23.5 Å². The van der Waals surface area contributed by atoms with Crippen LogP contribution in [-0.2, 0) is 4.79 Å². The molecule has 0 aliphatic carbocycles. The number of hydrogen-bond acceptors (Lipinski definition) is 4. The normalized spacial score (nSPS) is 20.7. The minimum absolute atomic E-state index is 0.0463. The number of nitrogens with one attached hydrogen (secondary N) is 2. The maximum absolute atomic E-state index is 11.2. The van der Waals surface area contributed by atoms with Crippen LogP contribution in [-0.4, -0.2) is 11.2 Å². The summed E-state index contributed by atoms with van der Waals surface area (Å²) in [5.41, 5.74) is 3.27. The summed E-state index contributed by atoms with van der Waals surface area (Å²) in [6, 6.07) is 10.5. The van der Waals surface area contributed by atoms with E-state index in [0.29, 0.717) is 11.3 Å². The Kier molecular flexibility index (Phi) is 4.22. The molecule has 0 fully saturated rings. The number of hydrogen-bond donors (Lipinski definition) is 2. The van der Waals surface area contributed by atoms with Crippen LogP contribution in [0.4, 0.5) is 11.4 Å². The second-order valence-corrected chi connectivity index (χ2v) is 7.91. The Bertz CT molecular complexity index is 653. The highest BCUT2D eigenvalue weighted by Crippen LogP contribution is 2.44. The van der Waals surface area contributed by atoms with Gasteiger partial charge in [0.2, 0.25) is 5.91 Å². The molecule has 1 unspecified atom stereocenters. The molecule has 1 amide bonds. The maximum Gasteiger partial charge on any atom is 0.221 e. The molecule has 3 rings (SSSR count). The summed E-state index contributed by atoms with van der Waals surface area (Å²) in [4.78, 5) is 11.2. The van der Waals surface area contributed by atoms with Gasteiger partial charge in [-0.15, -0.1) is 23.1 Å². The Morgan fingerprint density at radius 3 is 2.90 bits per heavy atom. The monoisotopic (exact) mass is 318 g/mol. The minimum Gasteiger partial charge on any atom is -0.378 e. The molecule has 2 N–H and O–H groups in total. The van der Waals surface area contributed by atoms with Gasteiger partial charge in [0.15, 0.2) is 0 Å². The van der Waals surface area contributed by atoms with Crippen molar-refractivity contribution in [1.29, 1.82) is 0 Å². The van der Waals surface area contributed by atoms with Gasteiger partial charge in [-0.3, -0.25) is 4.79 Å². The van der Waals surface area contributed by atoms with Crippen molar-refractivity contribution in [2.75, 3.05) is 10.6 Å². The molecule has 3 nitrogen and oxygen atoms in total. The summed E-state index contributed by atoms with van der Waals surface area (Å²) in [5, 5.41) is 9.22. The summed E-state index contributed by atoms with van der Waals surface area (Å²) in [6.07, 6.45) is 1.11. The number of fused-ring (bicyclic) bond motifs is 1. The Morgan fingerprint density at radius 1 is 1.29 bits per heavy atom. The highest BCUT2D eigenvalue weighted by atomic mass is 32.2. The molecule has 1 aliphatic rings. The zero-order chi connectivity index (χ0) is 14.8. The molecule has 5 heteroatoms. The molecule has 0 saturated carbocycles. The van der Waals surface area contributed by atoms with Crippen molar-refractivity contribution in [2.45, 2.75) is 35.8 Å². The minimum atomic E-state index is -0.0463. The van der Waals surface area contributed by atoms with Gasteiger partial charge in [0.05, 0.1) is 10.3 Å². The third-order valence-corrected chi connectivity index (χ3v) is 5.78. The van der Waals surface area contributed by atoms with Gasteiger partial charge in [-0.25, -0.2) is 0 Å². The van der Waals surface area contributed by atoms with Crippen molar-refractivity contribution in [3.05, 3.63) is 41.3 Å². The molecule has 110 valence electrons. The van der Waals surface area contributed by atoms with Gasteiger partial charge in [-0.05, 0) is 41.6 Å². The summed E-state index contributed by atoms with van der Waals surface area (Å²) in [6.45, 7) is 3.80. The fourth-order valence-corrected chi connectivity index (χ4v) is 5.14. The molecule has 1 aromatic carbocycles. The van der Waals surface area contributed by atoms with Gasteiger partial charge in [-0.2, -0.15) is 0 Å². The smallest absolute Gasteiger partial charge is 0.221 e. The van der Waals surface area contributed by atoms with E-state index in [1.165, 1.54) is 16.7 Å². The molecular formula is C16H18N2OS2. The van der Waals surface area contributed by atoms with E-state index in [1.54, 1.807) is 0 Å². The van der Waals surface area contributed by atoms with Gasteiger partial charge < -0.3 is 10.6 Å². The van der Waals surface area contributed by atoms with Crippen molar-refractivity contribution < 1.29 is 4.79 Å². The number of carbonyl (C=O) groups is 1. The van der Waals surface area contributed by atoms with Crippen LogP contribution < -0.4 is 10.6 Å². The van der Waals surface area contributed by atoms with Crippen molar-refractivity contribution in [1.82, 2.24) is 0 Å². The van der Waals surface area contributed by atoms with Gasteiger partial charge >= 0.3 is 0 Å². The molecular weight excluding hydrogens is 300 g/mol. The fourth-order valence-electron chi connectivity index (χ4n) is 2.58. The number of carbonyl (C=O) groups excluding carboxylic acids is 1. The van der Waals surface area contributed by atoms with E-state index in [9.17, 15) is 4.79 Å². The van der Waals surface area contributed by atoms with E-state index >= 15 is 0 Å². The first-order valence-corrected chi connectivity index (χ1v) is 8.76. The third kappa shape index (κ3) is 3.41. The van der Waals surface area contributed by atoms with Crippen LogP contribution in [0, 0.1) is 0 Å². The van der Waals surface area contributed by atoms with Crippen LogP contribution in [0.2, 0.25) is 0 Å². The predicted octanol–water partition coefficient (Wildman–Crippen LogP) is 4.74. The summed E-state index contributed by atoms with van der Waals surface area (Å²) in [5.74, 6) is -0.0463. The van der Waals surface area contributed by atoms with Crippen LogP contribution in [0.3, 0.4) is 0 Å². The number of anilines is 2. The first-order valence-electron chi connectivity index (χ1n) is 7.00. The maximum atomic E-state index is 11.2. The Hall–Kier alpha value is -1.46. The second-order valence-electron chi connectivity index (χ2n) is 5.29. The van der Waals surface area contributed by atoms with Crippen molar-refractivity contribution in [3.63, 3.8) is 0 Å². The molecule has 21 heavy (non-hydrogen) atoms. The lowest BCUT2D eigenvalue weighted by atomic mass is 10.0. The molecule has 1 aromatic heterocycles. The zero-order valence-corrected chi connectivity index (χ0v) is 13.7. The number of rotatable bonds is 3. The Labute approximate surface area is 133 Å². The fraction of sp³-hybridized carbons (Fsp3) is 0.312. The van der Waals surface area contributed by atoms with Crippen molar-refractivity contribution >= 4 is 40.4 Å². The second kappa shape index (κ2) is 6.12. The van der Waals surface area contributed by atoms with Crippen LogP contribution in [0.1, 0.15) is 31.9 Å². The highest BCUT2D eigenvalue weighted by molar-refractivity contribution is 8.01. The largest absolute Gasteiger partial charge is 0.378 e. The van der Waals surface area contributed by atoms with Crippen molar-refractivity contribution in [2.24, 2.45) is 0 Å². The topological polar surface area (TPSA) is 41.1 Å². The van der Waals surface area contributed by atoms with Crippen LogP contribution in [0.25, 0.3) is 0 Å². The standard InChI is InChI=1S/C16H18N2OS2/c1-10-8-15(14-6-7-20-16(14)21-10)18-13-5-3-4-12(9-13)17-11(2)19/h3-7,9-10,15,18H,8H2,1-2H3,(H,17,19)/t10-,15?/m0/s1. The molecule has 2 heterocycles. The highest BCUT2D eigenvalue weighted by Gasteiger charge is 2.26. The quantitative estimate of drug-likeness (QED) is 0.858. The number of thioether (sulfide) groups is 1. The first kappa shape index (κ1) is 14.5. The van der Waals surface area contributed by atoms with Crippen LogP contribution in [0.15, 0.2) is 39.9 Å². The Morgan fingerprint density at radius 2 is 2.10 bits per heavy atom. The molecule has 0 radical (unpaired) electrons. The van der Waals surface area contributed by atoms with Gasteiger partial charge in [0.1, 0.15) is 0 Å². The van der Waals surface area contributed by atoms with E-state index < -0.39 is 0 Å². The van der Waals surface area contributed by atoms with E-state index in [1.807, 2.05) is 47.4 Å². The average Bonchev–Trinajstić information content (AvgIpc) is 2.86. The molecule has 2 atom stereocenters. The summed E-state index contributed by atoms with van der Waals surface area (Å²) in [7, 11) is 0. The lowest BCUT2D eigenvalue weighted by Crippen LogP contribution is -2.19. The van der Waals surface area contributed by atoms with Crippen LogP contribution in [0.5, 0.6) is 0 Å². The van der Waals surface area contributed by atoms with Gasteiger partial charge in [-0.1, -0.05) is 13.0 Å².